The summed E-state index contributed by atoms with van der Waals surface area (Å²) in [4.78, 5) is 6.56. The smallest absolute Gasteiger partial charge is 0.191 e. The zero-order valence-electron chi connectivity index (χ0n) is 13.9. The van der Waals surface area contributed by atoms with Crippen LogP contribution in [0, 0.1) is 0 Å². The Bertz CT molecular complexity index is 403. The fourth-order valence-electron chi connectivity index (χ4n) is 2.05. The molecule has 0 aliphatic rings. The number of nitrogens with zero attached hydrogens (tertiary/aromatic N) is 2. The summed E-state index contributed by atoms with van der Waals surface area (Å²) in [5, 5.41) is 6.81. The van der Waals surface area contributed by atoms with Gasteiger partial charge < -0.3 is 15.5 Å². The van der Waals surface area contributed by atoms with Gasteiger partial charge in [0.2, 0.25) is 0 Å². The Morgan fingerprint density at radius 2 is 2.00 bits per heavy atom. The first-order valence-corrected chi connectivity index (χ1v) is 7.85. The van der Waals surface area contributed by atoms with Crippen molar-refractivity contribution in [1.82, 2.24) is 15.5 Å². The lowest BCUT2D eigenvalue weighted by atomic mass is 10.1. The van der Waals surface area contributed by atoms with E-state index in [1.165, 1.54) is 5.56 Å². The second-order valence-electron chi connectivity index (χ2n) is 5.46. The van der Waals surface area contributed by atoms with Crippen LogP contribution in [0.4, 0.5) is 0 Å². The van der Waals surface area contributed by atoms with Crippen LogP contribution >= 0.6 is 0 Å². The van der Waals surface area contributed by atoms with Crippen molar-refractivity contribution in [2.24, 2.45) is 4.99 Å². The molecule has 1 unspecified atom stereocenters. The Labute approximate surface area is 129 Å². The van der Waals surface area contributed by atoms with Crippen LogP contribution in [0.15, 0.2) is 35.3 Å². The van der Waals surface area contributed by atoms with Crippen LogP contribution in [0.5, 0.6) is 0 Å². The van der Waals surface area contributed by atoms with E-state index in [1.54, 1.807) is 0 Å². The van der Waals surface area contributed by atoms with Crippen molar-refractivity contribution in [2.45, 2.75) is 32.7 Å². The summed E-state index contributed by atoms with van der Waals surface area (Å²) in [5.74, 6) is 0.889. The normalized spacial score (nSPS) is 13.3. The fourth-order valence-corrected chi connectivity index (χ4v) is 2.05. The molecule has 0 heterocycles. The highest BCUT2D eigenvalue weighted by atomic mass is 15.2. The predicted molar refractivity (Wildman–Crippen MR) is 91.9 cm³/mol. The van der Waals surface area contributed by atoms with Gasteiger partial charge in [0.05, 0.1) is 0 Å². The van der Waals surface area contributed by atoms with Gasteiger partial charge in [0, 0.05) is 26.2 Å². The Morgan fingerprint density at radius 3 is 2.62 bits per heavy atom. The molecule has 118 valence electrons. The minimum absolute atomic E-state index is 0.403. The molecule has 1 rings (SSSR count). The van der Waals surface area contributed by atoms with E-state index in [9.17, 15) is 0 Å². The summed E-state index contributed by atoms with van der Waals surface area (Å²) in [7, 11) is 3.95. The first kappa shape index (κ1) is 17.5. The highest BCUT2D eigenvalue weighted by Crippen LogP contribution is 2.04. The largest absolute Gasteiger partial charge is 0.355 e. The molecule has 0 aliphatic heterocycles. The number of hydrogen-bond acceptors (Lipinski definition) is 2. The van der Waals surface area contributed by atoms with Crippen LogP contribution in [-0.2, 0) is 6.42 Å². The van der Waals surface area contributed by atoms with Gasteiger partial charge in [-0.1, -0.05) is 37.3 Å². The van der Waals surface area contributed by atoms with E-state index in [2.05, 4.69) is 71.8 Å². The van der Waals surface area contributed by atoms with Crippen molar-refractivity contribution in [3.8, 4) is 0 Å². The van der Waals surface area contributed by atoms with Crippen molar-refractivity contribution < 1.29 is 0 Å². The van der Waals surface area contributed by atoms with Crippen molar-refractivity contribution in [1.29, 1.82) is 0 Å². The van der Waals surface area contributed by atoms with Gasteiger partial charge in [-0.3, -0.25) is 4.99 Å². The Kier molecular flexibility index (Phi) is 8.51. The molecule has 0 bridgehead atoms. The average Bonchev–Trinajstić information content (AvgIpc) is 2.52. The molecule has 0 aliphatic carbocycles. The number of aryl methyl sites for hydroxylation is 1. The van der Waals surface area contributed by atoms with Gasteiger partial charge in [-0.25, -0.2) is 0 Å². The van der Waals surface area contributed by atoms with E-state index in [0.717, 1.165) is 38.4 Å². The van der Waals surface area contributed by atoms with Crippen molar-refractivity contribution in [3.63, 3.8) is 0 Å². The highest BCUT2D eigenvalue weighted by Gasteiger charge is 2.05. The van der Waals surface area contributed by atoms with E-state index in [0.29, 0.717) is 6.04 Å². The van der Waals surface area contributed by atoms with Gasteiger partial charge in [-0.15, -0.1) is 0 Å². The SMILES string of the molecule is CCN(C)CCNC(=NC)NC(C)CCc1ccccc1. The quantitative estimate of drug-likeness (QED) is 0.569. The van der Waals surface area contributed by atoms with Gasteiger partial charge in [0.15, 0.2) is 5.96 Å². The third kappa shape index (κ3) is 7.71. The van der Waals surface area contributed by atoms with Crippen LogP contribution in [0.3, 0.4) is 0 Å². The monoisotopic (exact) mass is 290 g/mol. The summed E-state index contributed by atoms with van der Waals surface area (Å²) in [6.45, 7) is 7.37. The highest BCUT2D eigenvalue weighted by molar-refractivity contribution is 5.79. The van der Waals surface area contributed by atoms with Crippen LogP contribution < -0.4 is 10.6 Å². The van der Waals surface area contributed by atoms with E-state index in [1.807, 2.05) is 7.05 Å². The lowest BCUT2D eigenvalue weighted by Gasteiger charge is -2.19. The van der Waals surface area contributed by atoms with Crippen LogP contribution in [0.25, 0.3) is 0 Å². The molecule has 0 aromatic heterocycles. The molecule has 4 nitrogen and oxygen atoms in total. The molecule has 21 heavy (non-hydrogen) atoms. The zero-order valence-corrected chi connectivity index (χ0v) is 13.9. The van der Waals surface area contributed by atoms with Crippen LogP contribution in [0.1, 0.15) is 25.8 Å². The molecule has 0 amide bonds. The number of hydrogen-bond donors (Lipinski definition) is 2. The van der Waals surface area contributed by atoms with Crippen LogP contribution in [0.2, 0.25) is 0 Å². The van der Waals surface area contributed by atoms with E-state index in [4.69, 9.17) is 0 Å². The van der Waals surface area contributed by atoms with Gasteiger partial charge in [-0.05, 0) is 38.9 Å². The molecule has 0 spiro atoms. The van der Waals surface area contributed by atoms with E-state index in [-0.39, 0.29) is 0 Å². The third-order valence-corrected chi connectivity index (χ3v) is 3.64. The van der Waals surface area contributed by atoms with Crippen molar-refractivity contribution in [3.05, 3.63) is 35.9 Å². The standard InChI is InChI=1S/C17H30N4/c1-5-21(4)14-13-19-17(18-3)20-15(2)11-12-16-9-7-6-8-10-16/h6-10,15H,5,11-14H2,1-4H3,(H2,18,19,20). The number of nitrogens with one attached hydrogen (secondary N) is 2. The predicted octanol–water partition coefficient (Wildman–Crippen LogP) is 2.12. The Hall–Kier alpha value is -1.55. The topological polar surface area (TPSA) is 39.7 Å². The average molecular weight is 290 g/mol. The maximum absolute atomic E-state index is 4.28. The minimum Gasteiger partial charge on any atom is -0.355 e. The molecule has 0 radical (unpaired) electrons. The van der Waals surface area contributed by atoms with Gasteiger partial charge in [0.1, 0.15) is 0 Å². The number of benzene rings is 1. The molecule has 1 aromatic carbocycles. The molecule has 1 atom stereocenters. The Balaban J connectivity index is 2.26. The molecule has 0 fully saturated rings. The second kappa shape index (κ2) is 10.2. The molecular formula is C17H30N4. The summed E-state index contributed by atoms with van der Waals surface area (Å²) in [5.41, 5.74) is 1.39. The first-order valence-electron chi connectivity index (χ1n) is 7.85. The summed E-state index contributed by atoms with van der Waals surface area (Å²) >= 11 is 0. The van der Waals surface area contributed by atoms with Gasteiger partial charge in [0.25, 0.3) is 0 Å². The molecule has 1 aromatic rings. The number of aliphatic imine (C=N–C) groups is 1. The van der Waals surface area contributed by atoms with Gasteiger partial charge >= 0.3 is 0 Å². The summed E-state index contributed by atoms with van der Waals surface area (Å²) in [6, 6.07) is 11.0. The molecule has 2 N–H and O–H groups in total. The lowest BCUT2D eigenvalue weighted by molar-refractivity contribution is 0.357. The van der Waals surface area contributed by atoms with E-state index < -0.39 is 0 Å². The Morgan fingerprint density at radius 1 is 1.29 bits per heavy atom. The zero-order chi connectivity index (χ0) is 15.5. The lowest BCUT2D eigenvalue weighted by Crippen LogP contribution is -2.44. The molecule has 0 saturated heterocycles. The summed E-state index contributed by atoms with van der Waals surface area (Å²) in [6.07, 6.45) is 2.18. The fraction of sp³-hybridized carbons (Fsp3) is 0.588. The number of guanidine groups is 1. The van der Waals surface area contributed by atoms with E-state index >= 15 is 0 Å². The molecule has 0 saturated carbocycles. The van der Waals surface area contributed by atoms with Gasteiger partial charge in [-0.2, -0.15) is 0 Å². The van der Waals surface area contributed by atoms with Crippen molar-refractivity contribution in [2.75, 3.05) is 33.7 Å². The number of likely N-dealkylation sites (N-methyl/N-ethyl adjacent to an activating group) is 1. The number of rotatable bonds is 8. The maximum atomic E-state index is 4.28. The minimum atomic E-state index is 0.403. The molecule has 4 heteroatoms. The summed E-state index contributed by atoms with van der Waals surface area (Å²) < 4.78 is 0. The second-order valence-corrected chi connectivity index (χ2v) is 5.46. The maximum Gasteiger partial charge on any atom is 0.191 e. The van der Waals surface area contributed by atoms with Crippen LogP contribution in [-0.4, -0.2) is 50.6 Å². The van der Waals surface area contributed by atoms with Crippen molar-refractivity contribution >= 4 is 5.96 Å². The third-order valence-electron chi connectivity index (χ3n) is 3.64. The molecular weight excluding hydrogens is 260 g/mol. The first-order chi connectivity index (χ1) is 10.2.